The van der Waals surface area contributed by atoms with Crippen LogP contribution in [0.3, 0.4) is 0 Å². The highest BCUT2D eigenvalue weighted by molar-refractivity contribution is 5.92. The summed E-state index contributed by atoms with van der Waals surface area (Å²) in [5.74, 6) is 1.84. The Kier molecular flexibility index (Phi) is 3.04. The van der Waals surface area contributed by atoms with E-state index in [9.17, 15) is 4.79 Å². The highest BCUT2D eigenvalue weighted by Gasteiger charge is 2.51. The van der Waals surface area contributed by atoms with Crippen LogP contribution in [0.5, 0.6) is 5.75 Å². The number of carbonyl (C=O) groups excluding carboxylic acids is 1. The van der Waals surface area contributed by atoms with Gasteiger partial charge in [-0.25, -0.2) is 0 Å². The molecule has 2 atom stereocenters. The van der Waals surface area contributed by atoms with E-state index in [0.29, 0.717) is 11.7 Å². The predicted octanol–water partition coefficient (Wildman–Crippen LogP) is 4.64. The predicted molar refractivity (Wildman–Crippen MR) is 88.5 cm³/mol. The molecule has 1 fully saturated rings. The molecule has 114 valence electrons. The van der Waals surface area contributed by atoms with Gasteiger partial charge in [-0.1, -0.05) is 25.1 Å². The van der Waals surface area contributed by atoms with Crippen molar-refractivity contribution in [2.75, 3.05) is 7.11 Å². The molecule has 22 heavy (non-hydrogen) atoms. The minimum atomic E-state index is -0.0762. The lowest BCUT2D eigenvalue weighted by Gasteiger charge is -2.39. The number of rotatable bonds is 2. The van der Waals surface area contributed by atoms with Gasteiger partial charge in [0.05, 0.1) is 7.11 Å². The van der Waals surface area contributed by atoms with Crippen molar-refractivity contribution in [2.45, 2.75) is 44.9 Å². The molecule has 0 unspecified atom stereocenters. The molecule has 4 rings (SSSR count). The Hall–Kier alpha value is -1.83. The summed E-state index contributed by atoms with van der Waals surface area (Å²) in [6.45, 7) is 2.19. The van der Waals surface area contributed by atoms with Gasteiger partial charge in [0, 0.05) is 11.8 Å². The number of benzene rings is 2. The molecule has 0 radical (unpaired) electrons. The first-order valence-electron chi connectivity index (χ1n) is 8.32. The summed E-state index contributed by atoms with van der Waals surface area (Å²) in [5.41, 5.74) is 2.81. The smallest absolute Gasteiger partial charge is 0.139 e. The number of fused-ring (bicyclic) bond motifs is 5. The second-order valence-electron chi connectivity index (χ2n) is 6.74. The highest BCUT2D eigenvalue weighted by atomic mass is 16.5. The van der Waals surface area contributed by atoms with E-state index < -0.39 is 0 Å². The molecule has 0 aliphatic heterocycles. The SMILES string of the molecule is CC[C@@]12CCc3c(ccc4cc(OC)ccc34)[C@@H]1CCC2=O. The third-order valence-electron chi connectivity index (χ3n) is 6.08. The van der Waals surface area contributed by atoms with Gasteiger partial charge in [0.25, 0.3) is 0 Å². The Balaban J connectivity index is 1.90. The lowest BCUT2D eigenvalue weighted by Crippen LogP contribution is -2.34. The number of Topliss-reactive ketones (excluding diaryl/α,β-unsaturated/α-hetero) is 1. The normalized spacial score (nSPS) is 26.8. The fraction of sp³-hybridized carbons (Fsp3) is 0.450. The second kappa shape index (κ2) is 4.84. The molecule has 0 spiro atoms. The van der Waals surface area contributed by atoms with Crippen molar-refractivity contribution in [3.8, 4) is 5.75 Å². The Morgan fingerprint density at radius 1 is 1.23 bits per heavy atom. The lowest BCUT2D eigenvalue weighted by molar-refractivity contribution is -0.127. The van der Waals surface area contributed by atoms with Crippen LogP contribution in [-0.4, -0.2) is 12.9 Å². The third-order valence-corrected chi connectivity index (χ3v) is 6.08. The molecule has 2 nitrogen and oxygen atoms in total. The van der Waals surface area contributed by atoms with Gasteiger partial charge in [-0.2, -0.15) is 0 Å². The minimum absolute atomic E-state index is 0.0762. The maximum Gasteiger partial charge on any atom is 0.139 e. The lowest BCUT2D eigenvalue weighted by atomic mass is 9.63. The summed E-state index contributed by atoms with van der Waals surface area (Å²) in [7, 11) is 1.71. The number of methoxy groups -OCH3 is 1. The summed E-state index contributed by atoms with van der Waals surface area (Å²) in [5, 5.41) is 2.58. The molecule has 2 aliphatic carbocycles. The zero-order valence-corrected chi connectivity index (χ0v) is 13.3. The van der Waals surface area contributed by atoms with E-state index in [0.717, 1.165) is 37.9 Å². The van der Waals surface area contributed by atoms with Crippen molar-refractivity contribution >= 4 is 16.6 Å². The van der Waals surface area contributed by atoms with Gasteiger partial charge < -0.3 is 4.74 Å². The van der Waals surface area contributed by atoms with E-state index in [1.54, 1.807) is 7.11 Å². The standard InChI is InChI=1S/C20H22O2/c1-3-20-11-10-16-15-7-5-14(22-2)12-13(15)4-6-17(16)18(20)8-9-19(20)21/h4-7,12,18H,3,8-11H2,1-2H3/t18-,20+/m0/s1. The van der Waals surface area contributed by atoms with Crippen LogP contribution in [0.15, 0.2) is 30.3 Å². The van der Waals surface area contributed by atoms with Crippen LogP contribution in [0.2, 0.25) is 0 Å². The van der Waals surface area contributed by atoms with Crippen molar-refractivity contribution in [1.82, 2.24) is 0 Å². The molecule has 0 aromatic heterocycles. The van der Waals surface area contributed by atoms with Crippen molar-refractivity contribution in [1.29, 1.82) is 0 Å². The largest absolute Gasteiger partial charge is 0.497 e. The molecule has 0 N–H and O–H groups in total. The Labute approximate surface area is 131 Å². The summed E-state index contributed by atoms with van der Waals surface area (Å²) < 4.78 is 5.34. The fourth-order valence-corrected chi connectivity index (χ4v) is 4.85. The van der Waals surface area contributed by atoms with E-state index in [-0.39, 0.29) is 5.41 Å². The fourth-order valence-electron chi connectivity index (χ4n) is 4.85. The Bertz CT molecular complexity index is 762. The zero-order chi connectivity index (χ0) is 15.3. The Morgan fingerprint density at radius 2 is 2.09 bits per heavy atom. The molecule has 2 aromatic rings. The first kappa shape index (κ1) is 13.8. The molecular weight excluding hydrogens is 272 g/mol. The third kappa shape index (κ3) is 1.70. The maximum absolute atomic E-state index is 12.5. The molecule has 0 saturated heterocycles. The monoisotopic (exact) mass is 294 g/mol. The zero-order valence-electron chi connectivity index (χ0n) is 13.3. The number of aryl methyl sites for hydroxylation is 1. The average Bonchev–Trinajstić information content (AvgIpc) is 2.91. The quantitative estimate of drug-likeness (QED) is 0.806. The van der Waals surface area contributed by atoms with E-state index in [1.807, 2.05) is 6.07 Å². The van der Waals surface area contributed by atoms with Crippen LogP contribution < -0.4 is 4.74 Å². The van der Waals surface area contributed by atoms with Gasteiger partial charge in [0.2, 0.25) is 0 Å². The van der Waals surface area contributed by atoms with Crippen LogP contribution in [0.25, 0.3) is 10.8 Å². The van der Waals surface area contributed by atoms with Crippen molar-refractivity contribution in [3.05, 3.63) is 41.5 Å². The van der Waals surface area contributed by atoms with Crippen molar-refractivity contribution in [3.63, 3.8) is 0 Å². The summed E-state index contributed by atoms with van der Waals surface area (Å²) in [6.07, 6.45) is 4.82. The molecule has 2 heteroatoms. The molecule has 2 aliphatic rings. The van der Waals surface area contributed by atoms with Gasteiger partial charge in [0.1, 0.15) is 11.5 Å². The molecule has 0 heterocycles. The van der Waals surface area contributed by atoms with Crippen molar-refractivity contribution in [2.24, 2.45) is 5.41 Å². The summed E-state index contributed by atoms with van der Waals surface area (Å²) in [6, 6.07) is 10.8. The number of carbonyl (C=O) groups is 1. The topological polar surface area (TPSA) is 26.3 Å². The van der Waals surface area contributed by atoms with Gasteiger partial charge in [-0.15, -0.1) is 0 Å². The van der Waals surface area contributed by atoms with Gasteiger partial charge in [0.15, 0.2) is 0 Å². The number of hydrogen-bond donors (Lipinski definition) is 0. The number of ketones is 1. The van der Waals surface area contributed by atoms with E-state index >= 15 is 0 Å². The average molecular weight is 294 g/mol. The van der Waals surface area contributed by atoms with Crippen LogP contribution >= 0.6 is 0 Å². The molecule has 2 aromatic carbocycles. The second-order valence-corrected chi connectivity index (χ2v) is 6.74. The Morgan fingerprint density at radius 3 is 2.86 bits per heavy atom. The summed E-state index contributed by atoms with van der Waals surface area (Å²) in [4.78, 5) is 12.5. The molecule has 0 bridgehead atoms. The maximum atomic E-state index is 12.5. The number of hydrogen-bond acceptors (Lipinski definition) is 2. The van der Waals surface area contributed by atoms with Gasteiger partial charge in [-0.3, -0.25) is 4.79 Å². The minimum Gasteiger partial charge on any atom is -0.497 e. The van der Waals surface area contributed by atoms with E-state index in [4.69, 9.17) is 4.74 Å². The van der Waals surface area contributed by atoms with Crippen LogP contribution in [0.4, 0.5) is 0 Å². The number of ether oxygens (including phenoxy) is 1. The van der Waals surface area contributed by atoms with Crippen LogP contribution in [-0.2, 0) is 11.2 Å². The molecule has 1 saturated carbocycles. The summed E-state index contributed by atoms with van der Waals surface area (Å²) >= 11 is 0. The van der Waals surface area contributed by atoms with Crippen LogP contribution in [0, 0.1) is 5.41 Å². The highest BCUT2D eigenvalue weighted by Crippen LogP contribution is 2.56. The molecular formula is C20H22O2. The molecule has 0 amide bonds. The van der Waals surface area contributed by atoms with E-state index in [1.165, 1.54) is 21.9 Å². The van der Waals surface area contributed by atoms with Crippen LogP contribution in [0.1, 0.15) is 49.7 Å². The first-order chi connectivity index (χ1) is 10.7. The van der Waals surface area contributed by atoms with Crippen molar-refractivity contribution < 1.29 is 9.53 Å². The first-order valence-corrected chi connectivity index (χ1v) is 8.32. The van der Waals surface area contributed by atoms with Gasteiger partial charge >= 0.3 is 0 Å². The van der Waals surface area contributed by atoms with Gasteiger partial charge in [-0.05, 0) is 65.6 Å². The van der Waals surface area contributed by atoms with E-state index in [2.05, 4.69) is 31.2 Å².